The Morgan fingerprint density at radius 1 is 1.09 bits per heavy atom. The Kier molecular flexibility index (Phi) is 6.32. The molecular formula is C24H25N5O2S. The Hall–Kier alpha value is -3.52. The summed E-state index contributed by atoms with van der Waals surface area (Å²) in [7, 11) is 0. The minimum Gasteiger partial charge on any atom is -0.352 e. The molecule has 1 aromatic carbocycles. The first-order chi connectivity index (χ1) is 15.5. The molecule has 4 rings (SSSR count). The molecule has 7 nitrogen and oxygen atoms in total. The summed E-state index contributed by atoms with van der Waals surface area (Å²) >= 11 is 1.58. The first-order valence-corrected chi connectivity index (χ1v) is 11.4. The van der Waals surface area contributed by atoms with Gasteiger partial charge in [0.2, 0.25) is 0 Å². The number of benzene rings is 1. The van der Waals surface area contributed by atoms with Crippen LogP contribution in [0.15, 0.2) is 54.0 Å². The van der Waals surface area contributed by atoms with E-state index in [0.717, 1.165) is 16.1 Å². The molecule has 0 saturated carbocycles. The number of fused-ring (bicyclic) bond motifs is 1. The lowest BCUT2D eigenvalue weighted by Gasteiger charge is -2.11. The molecule has 3 heterocycles. The van der Waals surface area contributed by atoms with Crippen molar-refractivity contribution < 1.29 is 9.59 Å². The topological polar surface area (TPSA) is 88.9 Å². The van der Waals surface area contributed by atoms with Crippen LogP contribution < -0.4 is 10.6 Å². The van der Waals surface area contributed by atoms with Crippen molar-refractivity contribution >= 4 is 34.2 Å². The van der Waals surface area contributed by atoms with E-state index in [4.69, 9.17) is 4.98 Å². The molecule has 0 spiro atoms. The van der Waals surface area contributed by atoms with Gasteiger partial charge in [0.25, 0.3) is 11.8 Å². The Morgan fingerprint density at radius 2 is 1.94 bits per heavy atom. The zero-order valence-electron chi connectivity index (χ0n) is 18.3. The second-order valence-corrected chi connectivity index (χ2v) is 8.64. The number of carbonyl (C=O) groups excluding carboxylic acids is 2. The zero-order valence-corrected chi connectivity index (χ0v) is 19.1. The molecule has 8 heteroatoms. The van der Waals surface area contributed by atoms with Crippen molar-refractivity contribution in [2.45, 2.75) is 33.4 Å². The number of pyridine rings is 1. The second-order valence-electron chi connectivity index (χ2n) is 7.70. The summed E-state index contributed by atoms with van der Waals surface area (Å²) in [5, 5.41) is 12.9. The number of hydrogen-bond donors (Lipinski definition) is 2. The van der Waals surface area contributed by atoms with Gasteiger partial charge in [-0.2, -0.15) is 5.10 Å². The number of hydrogen-bond acceptors (Lipinski definition) is 5. The van der Waals surface area contributed by atoms with E-state index < -0.39 is 0 Å². The fourth-order valence-electron chi connectivity index (χ4n) is 3.50. The third-order valence-corrected chi connectivity index (χ3v) is 5.95. The van der Waals surface area contributed by atoms with Crippen LogP contribution in [0.25, 0.3) is 21.6 Å². The van der Waals surface area contributed by atoms with Gasteiger partial charge in [-0.1, -0.05) is 18.2 Å². The van der Waals surface area contributed by atoms with Crippen molar-refractivity contribution in [1.82, 2.24) is 25.4 Å². The predicted molar refractivity (Wildman–Crippen MR) is 127 cm³/mol. The molecule has 0 unspecified atom stereocenters. The maximum atomic E-state index is 13.2. The maximum Gasteiger partial charge on any atom is 0.252 e. The SMILES string of the molecule is CCNC(=O)c1cccc(CNC(=O)c2cc(-c3cccs3)nc3c2cnn3C(C)C)c1. The number of thiophene rings is 1. The molecule has 0 aliphatic rings. The van der Waals surface area contributed by atoms with E-state index in [2.05, 4.69) is 15.7 Å². The zero-order chi connectivity index (χ0) is 22.7. The van der Waals surface area contributed by atoms with Crippen LogP contribution in [0, 0.1) is 0 Å². The monoisotopic (exact) mass is 447 g/mol. The fourth-order valence-corrected chi connectivity index (χ4v) is 4.18. The van der Waals surface area contributed by atoms with Gasteiger partial charge in [0.15, 0.2) is 5.65 Å². The molecule has 2 amide bonds. The lowest BCUT2D eigenvalue weighted by molar-refractivity contribution is 0.0948. The van der Waals surface area contributed by atoms with Crippen molar-refractivity contribution in [3.05, 3.63) is 70.7 Å². The second kappa shape index (κ2) is 9.32. The van der Waals surface area contributed by atoms with Crippen LogP contribution >= 0.6 is 11.3 Å². The molecular weight excluding hydrogens is 422 g/mol. The first-order valence-electron chi connectivity index (χ1n) is 10.6. The van der Waals surface area contributed by atoms with Crippen LogP contribution in [0.4, 0.5) is 0 Å². The number of nitrogens with one attached hydrogen (secondary N) is 2. The Labute approximate surface area is 190 Å². The number of amides is 2. The highest BCUT2D eigenvalue weighted by molar-refractivity contribution is 7.13. The van der Waals surface area contributed by atoms with Gasteiger partial charge in [-0.15, -0.1) is 11.3 Å². The average Bonchev–Trinajstić information content (AvgIpc) is 3.47. The number of carbonyl (C=O) groups is 2. The molecule has 2 N–H and O–H groups in total. The molecule has 3 aromatic heterocycles. The molecule has 0 saturated heterocycles. The highest BCUT2D eigenvalue weighted by Crippen LogP contribution is 2.29. The smallest absolute Gasteiger partial charge is 0.252 e. The normalized spacial score (nSPS) is 11.1. The summed E-state index contributed by atoms with van der Waals surface area (Å²) in [5.74, 6) is -0.333. The molecule has 0 aliphatic heterocycles. The van der Waals surface area contributed by atoms with Gasteiger partial charge in [-0.05, 0) is 56.0 Å². The van der Waals surface area contributed by atoms with E-state index >= 15 is 0 Å². The van der Waals surface area contributed by atoms with Gasteiger partial charge in [-0.25, -0.2) is 9.67 Å². The van der Waals surface area contributed by atoms with Crippen molar-refractivity contribution in [2.75, 3.05) is 6.54 Å². The summed E-state index contributed by atoms with van der Waals surface area (Å²) in [4.78, 5) is 31.1. The van der Waals surface area contributed by atoms with Gasteiger partial charge in [-0.3, -0.25) is 9.59 Å². The van der Waals surface area contributed by atoms with Crippen molar-refractivity contribution in [3.8, 4) is 10.6 Å². The molecule has 32 heavy (non-hydrogen) atoms. The first kappa shape index (κ1) is 21.7. The molecule has 4 aromatic rings. The minimum atomic E-state index is -0.207. The number of nitrogens with zero attached hydrogens (tertiary/aromatic N) is 3. The maximum absolute atomic E-state index is 13.2. The summed E-state index contributed by atoms with van der Waals surface area (Å²) < 4.78 is 1.83. The summed E-state index contributed by atoms with van der Waals surface area (Å²) in [6.07, 6.45) is 1.70. The lowest BCUT2D eigenvalue weighted by Crippen LogP contribution is -2.24. The van der Waals surface area contributed by atoms with Gasteiger partial charge in [0, 0.05) is 24.7 Å². The van der Waals surface area contributed by atoms with E-state index in [-0.39, 0.29) is 17.9 Å². The van der Waals surface area contributed by atoms with Crippen molar-refractivity contribution in [1.29, 1.82) is 0 Å². The molecule has 0 atom stereocenters. The van der Waals surface area contributed by atoms with Crippen LogP contribution in [0.2, 0.25) is 0 Å². The summed E-state index contributed by atoms with van der Waals surface area (Å²) in [5.41, 5.74) is 3.39. The standard InChI is InChI=1S/C24H25N5O2S/c1-4-25-23(30)17-8-5-7-16(11-17)13-26-24(31)18-12-20(21-9-6-10-32-21)28-22-19(18)14-27-29(22)15(2)3/h5-12,14-15H,4,13H2,1-3H3,(H,25,30)(H,26,31). The van der Waals surface area contributed by atoms with Crippen LogP contribution in [0.5, 0.6) is 0 Å². The molecule has 0 fully saturated rings. The number of rotatable bonds is 7. The average molecular weight is 448 g/mol. The van der Waals surface area contributed by atoms with E-state index in [1.165, 1.54) is 0 Å². The van der Waals surface area contributed by atoms with Crippen LogP contribution in [-0.2, 0) is 6.54 Å². The summed E-state index contributed by atoms with van der Waals surface area (Å²) in [6.45, 7) is 6.82. The van der Waals surface area contributed by atoms with Gasteiger partial charge < -0.3 is 10.6 Å². The van der Waals surface area contributed by atoms with Gasteiger partial charge in [0.1, 0.15) is 0 Å². The van der Waals surface area contributed by atoms with E-state index in [9.17, 15) is 9.59 Å². The molecule has 0 aliphatic carbocycles. The quantitative estimate of drug-likeness (QED) is 0.439. The predicted octanol–water partition coefficient (Wildman–Crippen LogP) is 4.42. The Morgan fingerprint density at radius 3 is 2.66 bits per heavy atom. The molecule has 0 bridgehead atoms. The van der Waals surface area contributed by atoms with Gasteiger partial charge >= 0.3 is 0 Å². The van der Waals surface area contributed by atoms with Crippen molar-refractivity contribution in [2.24, 2.45) is 0 Å². The highest BCUT2D eigenvalue weighted by Gasteiger charge is 2.19. The Balaban J connectivity index is 1.64. The van der Waals surface area contributed by atoms with Crippen LogP contribution in [0.3, 0.4) is 0 Å². The molecule has 164 valence electrons. The van der Waals surface area contributed by atoms with E-state index in [1.54, 1.807) is 29.7 Å². The fraction of sp³-hybridized carbons (Fsp3) is 0.250. The lowest BCUT2D eigenvalue weighted by atomic mass is 10.1. The van der Waals surface area contributed by atoms with E-state index in [0.29, 0.717) is 35.2 Å². The van der Waals surface area contributed by atoms with Crippen LogP contribution in [0.1, 0.15) is 53.1 Å². The van der Waals surface area contributed by atoms with Crippen LogP contribution in [-0.4, -0.2) is 33.1 Å². The highest BCUT2D eigenvalue weighted by atomic mass is 32.1. The number of aromatic nitrogens is 3. The molecule has 0 radical (unpaired) electrons. The van der Waals surface area contributed by atoms with Crippen molar-refractivity contribution in [3.63, 3.8) is 0 Å². The summed E-state index contributed by atoms with van der Waals surface area (Å²) in [6, 6.07) is 13.2. The largest absolute Gasteiger partial charge is 0.352 e. The Bertz CT molecular complexity index is 1260. The minimum absolute atomic E-state index is 0.117. The third-order valence-electron chi connectivity index (χ3n) is 5.05. The van der Waals surface area contributed by atoms with E-state index in [1.807, 2.05) is 61.2 Å². The van der Waals surface area contributed by atoms with Gasteiger partial charge in [0.05, 0.1) is 27.7 Å². The third kappa shape index (κ3) is 4.40.